The van der Waals surface area contributed by atoms with Crippen LogP contribution < -0.4 is 11.1 Å². The van der Waals surface area contributed by atoms with E-state index < -0.39 is 18.0 Å². The number of rotatable bonds is 5. The third-order valence-corrected chi connectivity index (χ3v) is 5.54. The number of hydrogen-bond donors (Lipinski definition) is 2. The van der Waals surface area contributed by atoms with E-state index in [0.717, 1.165) is 16.0 Å². The molecular formula is C23H23F3N4O4. The van der Waals surface area contributed by atoms with Crippen LogP contribution >= 0.6 is 0 Å². The molecule has 1 aromatic heterocycles. The summed E-state index contributed by atoms with van der Waals surface area (Å²) in [6, 6.07) is 10.5. The quantitative estimate of drug-likeness (QED) is 0.541. The van der Waals surface area contributed by atoms with Crippen molar-refractivity contribution in [2.24, 2.45) is 0 Å². The zero-order valence-electron chi connectivity index (χ0n) is 18.3. The number of likely N-dealkylation sites (tertiary alicyclic amines) is 1. The molecule has 8 nitrogen and oxygen atoms in total. The molecule has 0 aliphatic carbocycles. The van der Waals surface area contributed by atoms with Crippen molar-refractivity contribution in [1.82, 2.24) is 9.88 Å². The number of piperidine rings is 1. The topological polar surface area (TPSA) is 111 Å². The minimum Gasteiger partial charge on any atom is -0.436 e. The molecule has 1 saturated heterocycles. The molecule has 180 valence electrons. The van der Waals surface area contributed by atoms with Gasteiger partial charge in [-0.3, -0.25) is 9.59 Å². The van der Waals surface area contributed by atoms with Crippen molar-refractivity contribution < 1.29 is 31.9 Å². The second-order valence-electron chi connectivity index (χ2n) is 8.13. The molecule has 0 atom stereocenters. The first-order chi connectivity index (χ1) is 16.1. The minimum absolute atomic E-state index is 0.0615. The Bertz CT molecular complexity index is 1200. The zero-order chi connectivity index (χ0) is 24.5. The van der Waals surface area contributed by atoms with Crippen LogP contribution in [0.2, 0.25) is 0 Å². The second-order valence-corrected chi connectivity index (χ2v) is 8.13. The number of benzene rings is 2. The number of oxazole rings is 1. The smallest absolute Gasteiger partial charge is 0.436 e. The summed E-state index contributed by atoms with van der Waals surface area (Å²) in [4.78, 5) is 28.7. The number of nitrogen functional groups attached to an aromatic ring is 1. The highest BCUT2D eigenvalue weighted by atomic mass is 19.4. The van der Waals surface area contributed by atoms with Gasteiger partial charge in [-0.1, -0.05) is 0 Å². The predicted octanol–water partition coefficient (Wildman–Crippen LogP) is 3.89. The van der Waals surface area contributed by atoms with Gasteiger partial charge in [0.15, 0.2) is 5.58 Å². The molecule has 1 aliphatic rings. The Kier molecular flexibility index (Phi) is 6.47. The monoisotopic (exact) mass is 476 g/mol. The van der Waals surface area contributed by atoms with Gasteiger partial charge >= 0.3 is 12.1 Å². The van der Waals surface area contributed by atoms with Crippen LogP contribution in [0.1, 0.15) is 18.4 Å². The summed E-state index contributed by atoms with van der Waals surface area (Å²) in [6.45, 7) is 1.52. The van der Waals surface area contributed by atoms with Gasteiger partial charge in [0.1, 0.15) is 12.1 Å². The number of amides is 2. The maximum absolute atomic E-state index is 12.5. The average molecular weight is 476 g/mol. The number of carbonyl (C=O) groups is 2. The zero-order valence-corrected chi connectivity index (χ0v) is 18.3. The molecule has 1 aliphatic heterocycles. The van der Waals surface area contributed by atoms with E-state index in [0.29, 0.717) is 28.4 Å². The van der Waals surface area contributed by atoms with Crippen LogP contribution in [0.15, 0.2) is 40.8 Å². The Morgan fingerprint density at radius 2 is 1.88 bits per heavy atom. The molecule has 34 heavy (non-hydrogen) atoms. The highest BCUT2D eigenvalue weighted by molar-refractivity contribution is 5.92. The Balaban J connectivity index is 1.28. The fourth-order valence-corrected chi connectivity index (χ4v) is 3.84. The number of halogens is 3. The van der Waals surface area contributed by atoms with Gasteiger partial charge in [-0.2, -0.15) is 13.2 Å². The minimum atomic E-state index is -4.88. The number of hydrogen-bond acceptors (Lipinski definition) is 6. The second kappa shape index (κ2) is 9.34. The Hall–Kier alpha value is -3.60. The number of alkyl halides is 3. The van der Waals surface area contributed by atoms with E-state index >= 15 is 0 Å². The molecule has 0 bridgehead atoms. The maximum Gasteiger partial charge on any atom is 0.471 e. The van der Waals surface area contributed by atoms with Crippen molar-refractivity contribution in [3.05, 3.63) is 42.0 Å². The fraction of sp³-hybridized carbons (Fsp3) is 0.348. The van der Waals surface area contributed by atoms with E-state index in [9.17, 15) is 22.8 Å². The molecule has 3 N–H and O–H groups in total. The lowest BCUT2D eigenvalue weighted by Crippen LogP contribution is -2.47. The Labute approximate surface area is 192 Å². The third kappa shape index (κ3) is 5.30. The summed E-state index contributed by atoms with van der Waals surface area (Å²) in [5.74, 6) is -1.81. The molecule has 0 radical (unpaired) electrons. The molecule has 2 heterocycles. The van der Waals surface area contributed by atoms with E-state index in [2.05, 4.69) is 10.3 Å². The Morgan fingerprint density at radius 1 is 1.21 bits per heavy atom. The average Bonchev–Trinajstić information content (AvgIpc) is 3.22. The highest BCUT2D eigenvalue weighted by Gasteiger charge is 2.43. The lowest BCUT2D eigenvalue weighted by molar-refractivity contribution is -0.187. The van der Waals surface area contributed by atoms with Gasteiger partial charge in [0.25, 0.3) is 0 Å². The molecule has 2 aromatic carbocycles. The van der Waals surface area contributed by atoms with Crippen molar-refractivity contribution in [3.8, 4) is 11.5 Å². The Morgan fingerprint density at radius 3 is 2.53 bits per heavy atom. The number of aryl methyl sites for hydroxylation is 1. The number of nitrogens with two attached hydrogens (primary N) is 1. The van der Waals surface area contributed by atoms with Crippen LogP contribution in [0.4, 0.5) is 24.5 Å². The van der Waals surface area contributed by atoms with Gasteiger partial charge in [-0.15, -0.1) is 0 Å². The van der Waals surface area contributed by atoms with Crippen molar-refractivity contribution >= 4 is 34.3 Å². The van der Waals surface area contributed by atoms with Crippen molar-refractivity contribution in [3.63, 3.8) is 0 Å². The first kappa shape index (κ1) is 23.6. The molecule has 1 fully saturated rings. The van der Waals surface area contributed by atoms with Gasteiger partial charge in [-0.05, 0) is 61.7 Å². The number of nitrogens with one attached hydrogen (secondary N) is 1. The van der Waals surface area contributed by atoms with Crippen LogP contribution in [0.25, 0.3) is 22.6 Å². The van der Waals surface area contributed by atoms with Crippen LogP contribution in [0.5, 0.6) is 0 Å². The maximum atomic E-state index is 12.5. The third-order valence-electron chi connectivity index (χ3n) is 5.54. The van der Waals surface area contributed by atoms with Crippen molar-refractivity contribution in [1.29, 1.82) is 0 Å². The first-order valence-corrected chi connectivity index (χ1v) is 10.6. The standard InChI is InChI=1S/C23H23F3N4O4/c1-13-10-15(27)11-18-20(13)34-21(29-18)14-2-4-16(5-3-14)28-19(31)12-33-17-6-8-30(9-7-17)22(32)23(24,25)26/h2-5,10-11,17H,6-9,12,27H2,1H3,(H,28,31). The van der Waals surface area contributed by atoms with Crippen LogP contribution in [-0.2, 0) is 14.3 Å². The lowest BCUT2D eigenvalue weighted by atomic mass is 10.1. The largest absolute Gasteiger partial charge is 0.471 e. The summed E-state index contributed by atoms with van der Waals surface area (Å²) in [6.07, 6.45) is -4.79. The summed E-state index contributed by atoms with van der Waals surface area (Å²) >= 11 is 0. The van der Waals surface area contributed by atoms with E-state index in [1.807, 2.05) is 13.0 Å². The predicted molar refractivity (Wildman–Crippen MR) is 119 cm³/mol. The summed E-state index contributed by atoms with van der Waals surface area (Å²) in [7, 11) is 0. The van der Waals surface area contributed by atoms with Crippen molar-refractivity contribution in [2.45, 2.75) is 32.0 Å². The van der Waals surface area contributed by atoms with Gasteiger partial charge < -0.3 is 25.1 Å². The summed E-state index contributed by atoms with van der Waals surface area (Å²) < 4.78 is 48.9. The molecule has 2 amide bonds. The van der Waals surface area contributed by atoms with E-state index in [1.165, 1.54) is 0 Å². The van der Waals surface area contributed by atoms with E-state index in [1.54, 1.807) is 30.3 Å². The molecule has 0 unspecified atom stereocenters. The number of aromatic nitrogens is 1. The molecule has 0 saturated carbocycles. The van der Waals surface area contributed by atoms with Gasteiger partial charge in [0.2, 0.25) is 11.8 Å². The van der Waals surface area contributed by atoms with Crippen LogP contribution in [-0.4, -0.2) is 53.7 Å². The molecule has 0 spiro atoms. The van der Waals surface area contributed by atoms with Gasteiger partial charge in [0.05, 0.1) is 6.10 Å². The van der Waals surface area contributed by atoms with Gasteiger partial charge in [-0.25, -0.2) is 4.98 Å². The summed E-state index contributed by atoms with van der Waals surface area (Å²) in [5.41, 5.74) is 9.93. The van der Waals surface area contributed by atoms with Gasteiger partial charge in [0, 0.05) is 30.0 Å². The number of carbonyl (C=O) groups excluding carboxylic acids is 2. The number of anilines is 2. The molecular weight excluding hydrogens is 453 g/mol. The fourth-order valence-electron chi connectivity index (χ4n) is 3.84. The van der Waals surface area contributed by atoms with Crippen LogP contribution in [0.3, 0.4) is 0 Å². The highest BCUT2D eigenvalue weighted by Crippen LogP contribution is 2.29. The molecule has 4 rings (SSSR count). The van der Waals surface area contributed by atoms with E-state index in [4.69, 9.17) is 14.9 Å². The normalized spacial score (nSPS) is 15.0. The number of nitrogens with zero attached hydrogens (tertiary/aromatic N) is 2. The molecule has 11 heteroatoms. The summed E-state index contributed by atoms with van der Waals surface area (Å²) in [5, 5.41) is 2.71. The lowest BCUT2D eigenvalue weighted by Gasteiger charge is -2.32. The number of fused-ring (bicyclic) bond motifs is 1. The number of ether oxygens (including phenoxy) is 1. The SMILES string of the molecule is Cc1cc(N)cc2nc(-c3ccc(NC(=O)COC4CCN(C(=O)C(F)(F)F)CC4)cc3)oc12. The van der Waals surface area contributed by atoms with Crippen molar-refractivity contribution in [2.75, 3.05) is 30.7 Å². The first-order valence-electron chi connectivity index (χ1n) is 10.6. The van der Waals surface area contributed by atoms with E-state index in [-0.39, 0.29) is 38.6 Å². The van der Waals surface area contributed by atoms with Crippen LogP contribution in [0, 0.1) is 6.92 Å². The molecule has 3 aromatic rings.